The van der Waals surface area contributed by atoms with Crippen LogP contribution in [0.1, 0.15) is 13.3 Å². The molecule has 0 unspecified atom stereocenters. The molecule has 0 aromatic heterocycles. The van der Waals surface area contributed by atoms with Gasteiger partial charge in [-0.2, -0.15) is 0 Å². The van der Waals surface area contributed by atoms with E-state index in [9.17, 15) is 9.18 Å². The number of hydrogen-bond acceptors (Lipinski definition) is 1. The highest BCUT2D eigenvalue weighted by atomic mass is 35.5. The number of amides is 1. The first-order valence-corrected chi connectivity index (χ1v) is 6.33. The molecule has 1 N–H and O–H groups in total. The Morgan fingerprint density at radius 1 is 1.16 bits per heavy atom. The first-order valence-electron chi connectivity index (χ1n) is 5.95. The molecule has 2 nitrogen and oxygen atoms in total. The van der Waals surface area contributed by atoms with E-state index < -0.39 is 5.82 Å². The minimum absolute atomic E-state index is 0.199. The van der Waals surface area contributed by atoms with E-state index in [0.29, 0.717) is 11.4 Å². The summed E-state index contributed by atoms with van der Waals surface area (Å²) in [4.78, 5) is 11.2. The molecule has 0 spiro atoms. The fourth-order valence-corrected chi connectivity index (χ4v) is 1.80. The molecule has 0 radical (unpaired) electrons. The van der Waals surface area contributed by atoms with Crippen LogP contribution in [0, 0.1) is 5.82 Å². The Kier molecular flexibility index (Phi) is 4.17. The fourth-order valence-electron chi connectivity index (χ4n) is 1.68. The molecule has 19 heavy (non-hydrogen) atoms. The van der Waals surface area contributed by atoms with Gasteiger partial charge in [0.25, 0.3) is 0 Å². The summed E-state index contributed by atoms with van der Waals surface area (Å²) in [5.41, 5.74) is 1.81. The zero-order valence-corrected chi connectivity index (χ0v) is 11.2. The molecule has 4 heteroatoms. The second kappa shape index (κ2) is 5.85. The second-order valence-corrected chi connectivity index (χ2v) is 4.54. The summed E-state index contributed by atoms with van der Waals surface area (Å²) in [6.07, 6.45) is 0.318. The van der Waals surface area contributed by atoms with Crippen molar-refractivity contribution in [2.45, 2.75) is 13.3 Å². The molecule has 0 bridgehead atoms. The fraction of sp³-hybridized carbons (Fsp3) is 0.133. The molecule has 0 atom stereocenters. The lowest BCUT2D eigenvalue weighted by atomic mass is 10.1. The van der Waals surface area contributed by atoms with E-state index in [1.165, 1.54) is 6.07 Å². The number of nitrogens with one attached hydrogen (secondary N) is 1. The number of carbonyl (C=O) groups is 1. The summed E-state index contributed by atoms with van der Waals surface area (Å²) in [6, 6.07) is 11.9. The number of benzene rings is 2. The smallest absolute Gasteiger partial charge is 0.224 e. The minimum atomic E-state index is -0.450. The van der Waals surface area contributed by atoms with Crippen molar-refractivity contribution in [2.24, 2.45) is 0 Å². The Balaban J connectivity index is 2.28. The topological polar surface area (TPSA) is 29.1 Å². The molecular weight excluding hydrogens is 265 g/mol. The van der Waals surface area contributed by atoms with Crippen molar-refractivity contribution in [1.29, 1.82) is 0 Å². The van der Waals surface area contributed by atoms with Crippen molar-refractivity contribution in [3.63, 3.8) is 0 Å². The Hall–Kier alpha value is -1.87. The zero-order valence-electron chi connectivity index (χ0n) is 10.4. The van der Waals surface area contributed by atoms with Crippen LogP contribution < -0.4 is 5.32 Å². The summed E-state index contributed by atoms with van der Waals surface area (Å²) in [7, 11) is 0. The third-order valence-corrected chi connectivity index (χ3v) is 2.99. The van der Waals surface area contributed by atoms with E-state index >= 15 is 0 Å². The Morgan fingerprint density at radius 2 is 1.79 bits per heavy atom. The average Bonchev–Trinajstić information content (AvgIpc) is 2.41. The van der Waals surface area contributed by atoms with Crippen LogP contribution in [0.5, 0.6) is 0 Å². The summed E-state index contributed by atoms with van der Waals surface area (Å²) in [5, 5.41) is 3.15. The van der Waals surface area contributed by atoms with Crippen LogP contribution in [0.2, 0.25) is 5.02 Å². The SMILES string of the molecule is CCC(=O)Nc1ccc(-c2ccc(Cl)cc2)cc1F. The van der Waals surface area contributed by atoms with E-state index in [1.807, 2.05) is 12.1 Å². The highest BCUT2D eigenvalue weighted by Crippen LogP contribution is 2.25. The summed E-state index contributed by atoms with van der Waals surface area (Å²) in [5.74, 6) is -0.660. The monoisotopic (exact) mass is 277 g/mol. The number of carbonyl (C=O) groups excluding carboxylic acids is 1. The third kappa shape index (κ3) is 3.32. The van der Waals surface area contributed by atoms with Crippen LogP contribution in [0.15, 0.2) is 42.5 Å². The number of anilines is 1. The van der Waals surface area contributed by atoms with Crippen LogP contribution in [-0.4, -0.2) is 5.91 Å². The van der Waals surface area contributed by atoms with Crippen LogP contribution >= 0.6 is 11.6 Å². The largest absolute Gasteiger partial charge is 0.324 e. The Labute approximate surface area is 116 Å². The van der Waals surface area contributed by atoms with E-state index in [1.54, 1.807) is 31.2 Å². The summed E-state index contributed by atoms with van der Waals surface area (Å²) >= 11 is 5.81. The lowest BCUT2D eigenvalue weighted by molar-refractivity contribution is -0.115. The van der Waals surface area contributed by atoms with Crippen molar-refractivity contribution in [3.05, 3.63) is 53.3 Å². The van der Waals surface area contributed by atoms with Crippen LogP contribution in [-0.2, 0) is 4.79 Å². The molecule has 0 heterocycles. The molecule has 0 aliphatic carbocycles. The number of hydrogen-bond donors (Lipinski definition) is 1. The molecular formula is C15H13ClFNO. The molecule has 0 fully saturated rings. The molecule has 0 aliphatic rings. The van der Waals surface area contributed by atoms with Gasteiger partial charge in [-0.3, -0.25) is 4.79 Å². The normalized spacial score (nSPS) is 10.3. The number of rotatable bonds is 3. The van der Waals surface area contributed by atoms with E-state index in [2.05, 4.69) is 5.32 Å². The molecule has 2 aromatic carbocycles. The van der Waals surface area contributed by atoms with Crippen molar-refractivity contribution >= 4 is 23.2 Å². The van der Waals surface area contributed by atoms with Crippen molar-refractivity contribution in [1.82, 2.24) is 0 Å². The molecule has 1 amide bonds. The molecule has 98 valence electrons. The van der Waals surface area contributed by atoms with Crippen LogP contribution in [0.3, 0.4) is 0 Å². The first kappa shape index (κ1) is 13.6. The van der Waals surface area contributed by atoms with E-state index in [0.717, 1.165) is 11.1 Å². The van der Waals surface area contributed by atoms with Crippen LogP contribution in [0.25, 0.3) is 11.1 Å². The molecule has 0 saturated carbocycles. The zero-order chi connectivity index (χ0) is 13.8. The maximum Gasteiger partial charge on any atom is 0.224 e. The van der Waals surface area contributed by atoms with Crippen molar-refractivity contribution < 1.29 is 9.18 Å². The van der Waals surface area contributed by atoms with Crippen LogP contribution in [0.4, 0.5) is 10.1 Å². The van der Waals surface area contributed by atoms with Gasteiger partial charge >= 0.3 is 0 Å². The molecule has 0 aliphatic heterocycles. The molecule has 2 aromatic rings. The Morgan fingerprint density at radius 3 is 2.37 bits per heavy atom. The summed E-state index contributed by atoms with van der Waals surface area (Å²) < 4.78 is 13.9. The molecule has 2 rings (SSSR count). The Bertz CT molecular complexity index is 596. The maximum atomic E-state index is 13.9. The van der Waals surface area contributed by atoms with Gasteiger partial charge < -0.3 is 5.32 Å². The average molecular weight is 278 g/mol. The number of halogens is 2. The second-order valence-electron chi connectivity index (χ2n) is 4.10. The highest BCUT2D eigenvalue weighted by molar-refractivity contribution is 6.30. The predicted molar refractivity (Wildman–Crippen MR) is 75.8 cm³/mol. The van der Waals surface area contributed by atoms with Crippen molar-refractivity contribution in [2.75, 3.05) is 5.32 Å². The lowest BCUT2D eigenvalue weighted by Crippen LogP contribution is -2.10. The van der Waals surface area contributed by atoms with Gasteiger partial charge in [0.2, 0.25) is 5.91 Å². The van der Waals surface area contributed by atoms with Gasteiger partial charge in [-0.05, 0) is 35.4 Å². The third-order valence-electron chi connectivity index (χ3n) is 2.74. The maximum absolute atomic E-state index is 13.9. The van der Waals surface area contributed by atoms with Crippen molar-refractivity contribution in [3.8, 4) is 11.1 Å². The van der Waals surface area contributed by atoms with Gasteiger partial charge in [0.15, 0.2) is 0 Å². The van der Waals surface area contributed by atoms with Gasteiger partial charge in [0.05, 0.1) is 5.69 Å². The van der Waals surface area contributed by atoms with Gasteiger partial charge in [-0.1, -0.05) is 36.7 Å². The summed E-state index contributed by atoms with van der Waals surface area (Å²) in [6.45, 7) is 1.72. The lowest BCUT2D eigenvalue weighted by Gasteiger charge is -2.07. The van der Waals surface area contributed by atoms with E-state index in [4.69, 9.17) is 11.6 Å². The minimum Gasteiger partial charge on any atom is -0.324 e. The van der Waals surface area contributed by atoms with E-state index in [-0.39, 0.29) is 11.6 Å². The standard InChI is InChI=1S/C15H13ClFNO/c1-2-15(19)18-14-8-5-11(9-13(14)17)10-3-6-12(16)7-4-10/h3-9H,2H2,1H3,(H,18,19). The van der Waals surface area contributed by atoms with Gasteiger partial charge in [0, 0.05) is 11.4 Å². The van der Waals surface area contributed by atoms with Gasteiger partial charge in [-0.25, -0.2) is 4.39 Å². The quantitative estimate of drug-likeness (QED) is 0.880. The first-order chi connectivity index (χ1) is 9.10. The molecule has 0 saturated heterocycles. The van der Waals surface area contributed by atoms with Gasteiger partial charge in [0.1, 0.15) is 5.82 Å². The highest BCUT2D eigenvalue weighted by Gasteiger charge is 2.07. The van der Waals surface area contributed by atoms with Gasteiger partial charge in [-0.15, -0.1) is 0 Å². The predicted octanol–water partition coefficient (Wildman–Crippen LogP) is 4.49.